The molecule has 2 aliphatic rings. The average molecular weight is 283 g/mol. The summed E-state index contributed by atoms with van der Waals surface area (Å²) < 4.78 is 11.3. The Hall–Kier alpha value is -0.610. The number of hydrogen-bond acceptors (Lipinski definition) is 3. The van der Waals surface area contributed by atoms with Crippen molar-refractivity contribution in [3.05, 3.63) is 0 Å². The maximum absolute atomic E-state index is 11.9. The van der Waals surface area contributed by atoms with Crippen LogP contribution in [-0.4, -0.2) is 31.5 Å². The van der Waals surface area contributed by atoms with Crippen LogP contribution in [-0.2, 0) is 14.3 Å². The third-order valence-electron chi connectivity index (χ3n) is 4.13. The van der Waals surface area contributed by atoms with Crippen molar-refractivity contribution in [2.24, 2.45) is 5.41 Å². The number of ether oxygens (including phenoxy) is 2. The highest BCUT2D eigenvalue weighted by molar-refractivity contribution is 5.76. The van der Waals surface area contributed by atoms with Gasteiger partial charge in [-0.05, 0) is 25.7 Å². The minimum absolute atomic E-state index is 0.120. The van der Waals surface area contributed by atoms with Gasteiger partial charge in [-0.25, -0.2) is 0 Å². The number of nitrogens with one attached hydrogen (secondary N) is 1. The summed E-state index contributed by atoms with van der Waals surface area (Å²) in [6, 6.07) is 0.416. The molecule has 0 aromatic carbocycles. The summed E-state index contributed by atoms with van der Waals surface area (Å²) in [4.78, 5) is 11.9. The molecule has 0 unspecified atom stereocenters. The monoisotopic (exact) mass is 283 g/mol. The van der Waals surface area contributed by atoms with Gasteiger partial charge in [0.05, 0.1) is 13.2 Å². The fraction of sp³-hybridized carbons (Fsp3) is 0.938. The molecule has 1 amide bonds. The first kappa shape index (κ1) is 15.8. The number of rotatable bonds is 5. The third-order valence-corrected chi connectivity index (χ3v) is 4.13. The quantitative estimate of drug-likeness (QED) is 0.843. The van der Waals surface area contributed by atoms with Crippen molar-refractivity contribution in [3.63, 3.8) is 0 Å². The van der Waals surface area contributed by atoms with Crippen LogP contribution in [0.4, 0.5) is 0 Å². The molecule has 4 heteroatoms. The van der Waals surface area contributed by atoms with Gasteiger partial charge < -0.3 is 14.8 Å². The van der Waals surface area contributed by atoms with Crippen LogP contribution in [0.5, 0.6) is 0 Å². The summed E-state index contributed by atoms with van der Waals surface area (Å²) in [5.74, 6) is 0.188. The topological polar surface area (TPSA) is 47.6 Å². The Bertz CT molecular complexity index is 301. The first-order chi connectivity index (χ1) is 9.55. The summed E-state index contributed by atoms with van der Waals surface area (Å²) in [5, 5.41) is 3.15. The van der Waals surface area contributed by atoms with E-state index in [9.17, 15) is 4.79 Å². The fourth-order valence-corrected chi connectivity index (χ4v) is 2.87. The van der Waals surface area contributed by atoms with Crippen molar-refractivity contribution < 1.29 is 14.3 Å². The lowest BCUT2D eigenvalue weighted by molar-refractivity contribution is -0.224. The second-order valence-corrected chi connectivity index (χ2v) is 7.01. The van der Waals surface area contributed by atoms with E-state index in [1.165, 1.54) is 19.3 Å². The molecule has 1 saturated carbocycles. The largest absolute Gasteiger partial charge is 0.353 e. The minimum Gasteiger partial charge on any atom is -0.353 e. The maximum Gasteiger partial charge on any atom is 0.220 e. The van der Waals surface area contributed by atoms with E-state index in [-0.39, 0.29) is 17.6 Å². The molecule has 2 rings (SSSR count). The molecule has 0 radical (unpaired) electrons. The smallest absolute Gasteiger partial charge is 0.220 e. The zero-order chi connectivity index (χ0) is 14.4. The molecule has 1 saturated heterocycles. The molecule has 1 N–H and O–H groups in total. The van der Waals surface area contributed by atoms with Gasteiger partial charge >= 0.3 is 0 Å². The Balaban J connectivity index is 1.55. The van der Waals surface area contributed by atoms with E-state index in [2.05, 4.69) is 19.2 Å². The Kier molecular flexibility index (Phi) is 5.85. The van der Waals surface area contributed by atoms with Crippen molar-refractivity contribution in [2.75, 3.05) is 13.2 Å². The highest BCUT2D eigenvalue weighted by atomic mass is 16.7. The molecular formula is C16H29NO3. The molecule has 20 heavy (non-hydrogen) atoms. The molecule has 0 aromatic rings. The fourth-order valence-electron chi connectivity index (χ4n) is 2.87. The molecule has 0 atom stereocenters. The van der Waals surface area contributed by atoms with Crippen LogP contribution in [0.1, 0.15) is 65.2 Å². The van der Waals surface area contributed by atoms with E-state index >= 15 is 0 Å². The van der Waals surface area contributed by atoms with Crippen molar-refractivity contribution in [3.8, 4) is 0 Å². The second-order valence-electron chi connectivity index (χ2n) is 7.01. The zero-order valence-corrected chi connectivity index (χ0v) is 13.0. The van der Waals surface area contributed by atoms with Gasteiger partial charge in [-0.3, -0.25) is 4.79 Å². The Morgan fingerprint density at radius 2 is 1.80 bits per heavy atom. The van der Waals surface area contributed by atoms with E-state index in [0.717, 1.165) is 38.9 Å². The molecular weight excluding hydrogens is 254 g/mol. The van der Waals surface area contributed by atoms with E-state index in [1.807, 2.05) is 0 Å². The van der Waals surface area contributed by atoms with Gasteiger partial charge in [-0.1, -0.05) is 33.1 Å². The van der Waals surface area contributed by atoms with Gasteiger partial charge in [-0.15, -0.1) is 0 Å². The highest BCUT2D eigenvalue weighted by Gasteiger charge is 2.28. The van der Waals surface area contributed by atoms with E-state index in [1.54, 1.807) is 0 Å². The summed E-state index contributed by atoms with van der Waals surface area (Å²) in [6.45, 7) is 5.76. The van der Waals surface area contributed by atoms with Gasteiger partial charge in [0.15, 0.2) is 6.29 Å². The summed E-state index contributed by atoms with van der Waals surface area (Å²) in [7, 11) is 0. The number of amides is 1. The van der Waals surface area contributed by atoms with Crippen LogP contribution in [0.2, 0.25) is 0 Å². The van der Waals surface area contributed by atoms with Crippen LogP contribution >= 0.6 is 0 Å². The first-order valence-electron chi connectivity index (χ1n) is 8.08. The van der Waals surface area contributed by atoms with Crippen LogP contribution in [0.15, 0.2) is 0 Å². The zero-order valence-electron chi connectivity index (χ0n) is 13.0. The third kappa shape index (κ3) is 5.41. The average Bonchev–Trinajstić information content (AvgIpc) is 2.42. The Labute approximate surface area is 122 Å². The van der Waals surface area contributed by atoms with Crippen molar-refractivity contribution >= 4 is 5.91 Å². The summed E-state index contributed by atoms with van der Waals surface area (Å²) in [5.41, 5.74) is 0.120. The summed E-state index contributed by atoms with van der Waals surface area (Å²) >= 11 is 0. The van der Waals surface area contributed by atoms with Crippen LogP contribution in [0.25, 0.3) is 0 Å². The predicted octanol–water partition coefficient (Wildman–Crippen LogP) is 3.00. The van der Waals surface area contributed by atoms with Crippen molar-refractivity contribution in [2.45, 2.75) is 77.5 Å². The molecule has 1 aliphatic heterocycles. The van der Waals surface area contributed by atoms with Crippen molar-refractivity contribution in [1.29, 1.82) is 0 Å². The Morgan fingerprint density at radius 3 is 2.45 bits per heavy atom. The Morgan fingerprint density at radius 1 is 1.15 bits per heavy atom. The molecule has 0 spiro atoms. The molecule has 116 valence electrons. The lowest BCUT2D eigenvalue weighted by Crippen LogP contribution is -2.38. The van der Waals surface area contributed by atoms with Gasteiger partial charge in [-0.2, -0.15) is 0 Å². The molecule has 2 fully saturated rings. The lowest BCUT2D eigenvalue weighted by Gasteiger charge is -2.34. The predicted molar refractivity (Wildman–Crippen MR) is 78.3 cm³/mol. The first-order valence-corrected chi connectivity index (χ1v) is 8.08. The molecule has 1 heterocycles. The minimum atomic E-state index is -0.120. The van der Waals surface area contributed by atoms with E-state index < -0.39 is 0 Å². The molecule has 0 aromatic heterocycles. The molecule has 4 nitrogen and oxygen atoms in total. The van der Waals surface area contributed by atoms with Crippen LogP contribution in [0, 0.1) is 5.41 Å². The van der Waals surface area contributed by atoms with Crippen LogP contribution in [0.3, 0.4) is 0 Å². The number of hydrogen-bond donors (Lipinski definition) is 1. The van der Waals surface area contributed by atoms with E-state index in [4.69, 9.17) is 9.47 Å². The summed E-state index contributed by atoms with van der Waals surface area (Å²) in [6.07, 6.45) is 8.24. The lowest BCUT2D eigenvalue weighted by atomic mass is 9.95. The molecule has 1 aliphatic carbocycles. The SMILES string of the molecule is CC1(C)COC(CCCC(=O)NC2CCCCC2)OC1. The highest BCUT2D eigenvalue weighted by Crippen LogP contribution is 2.25. The van der Waals surface area contributed by atoms with Gasteiger partial charge in [0.25, 0.3) is 0 Å². The van der Waals surface area contributed by atoms with Crippen LogP contribution < -0.4 is 5.32 Å². The van der Waals surface area contributed by atoms with E-state index in [0.29, 0.717) is 12.5 Å². The standard InChI is InChI=1S/C16H29NO3/c1-16(2)11-19-15(20-12-16)10-6-9-14(18)17-13-7-4-3-5-8-13/h13,15H,3-12H2,1-2H3,(H,17,18). The van der Waals surface area contributed by atoms with Gasteiger partial charge in [0.1, 0.15) is 0 Å². The van der Waals surface area contributed by atoms with Crippen molar-refractivity contribution in [1.82, 2.24) is 5.32 Å². The number of carbonyl (C=O) groups excluding carboxylic acids is 1. The normalized spacial score (nSPS) is 24.5. The maximum atomic E-state index is 11.9. The molecule has 0 bridgehead atoms. The second kappa shape index (κ2) is 7.41. The van der Waals surface area contributed by atoms with Gasteiger partial charge in [0, 0.05) is 17.9 Å². The number of carbonyl (C=O) groups is 1. The van der Waals surface area contributed by atoms with Gasteiger partial charge in [0.2, 0.25) is 5.91 Å².